The van der Waals surface area contributed by atoms with E-state index in [1.165, 1.54) is 12.7 Å². The highest BCUT2D eigenvalue weighted by Gasteiger charge is 2.20. The summed E-state index contributed by atoms with van der Waals surface area (Å²) in [5, 5.41) is 11.0. The lowest BCUT2D eigenvalue weighted by Gasteiger charge is -2.18. The van der Waals surface area contributed by atoms with Gasteiger partial charge in [0, 0.05) is 5.56 Å². The minimum absolute atomic E-state index is 0.361. The predicted octanol–water partition coefficient (Wildman–Crippen LogP) is 4.06. The van der Waals surface area contributed by atoms with Gasteiger partial charge in [-0.05, 0) is 42.7 Å². The van der Waals surface area contributed by atoms with Gasteiger partial charge in [-0.2, -0.15) is 0 Å². The maximum atomic E-state index is 10.6. The van der Waals surface area contributed by atoms with Crippen LogP contribution in [0.15, 0.2) is 30.3 Å². The fourth-order valence-electron chi connectivity index (χ4n) is 2.25. The van der Waals surface area contributed by atoms with Gasteiger partial charge in [0.25, 0.3) is 0 Å². The third-order valence-electron chi connectivity index (χ3n) is 3.66. The summed E-state index contributed by atoms with van der Waals surface area (Å²) in [5.74, 6) is 0.950. The predicted molar refractivity (Wildman–Crippen MR) is 84.5 cm³/mol. The summed E-state index contributed by atoms with van der Waals surface area (Å²) >= 11 is 6.24. The van der Waals surface area contributed by atoms with E-state index in [0.29, 0.717) is 22.1 Å². The molecule has 1 N–H and O–H groups in total. The third-order valence-corrected chi connectivity index (χ3v) is 4.02. The van der Waals surface area contributed by atoms with E-state index < -0.39 is 6.10 Å². The van der Waals surface area contributed by atoms with Crippen molar-refractivity contribution in [3.63, 3.8) is 0 Å². The van der Waals surface area contributed by atoms with Gasteiger partial charge in [0.2, 0.25) is 0 Å². The van der Waals surface area contributed by atoms with Gasteiger partial charge >= 0.3 is 0 Å². The van der Waals surface area contributed by atoms with E-state index in [2.05, 4.69) is 0 Å². The molecule has 0 radical (unpaired) electrons. The van der Waals surface area contributed by atoms with Crippen LogP contribution in [0.2, 0.25) is 5.02 Å². The summed E-state index contributed by atoms with van der Waals surface area (Å²) in [4.78, 5) is 0. The third kappa shape index (κ3) is 2.99. The molecule has 3 nitrogen and oxygen atoms in total. The second-order valence-electron chi connectivity index (χ2n) is 4.95. The van der Waals surface area contributed by atoms with Crippen LogP contribution in [0.4, 0.5) is 0 Å². The first-order valence-electron chi connectivity index (χ1n) is 6.65. The normalized spacial score (nSPS) is 12.1. The first-order valence-corrected chi connectivity index (χ1v) is 7.03. The zero-order valence-corrected chi connectivity index (χ0v) is 13.4. The summed E-state index contributed by atoms with van der Waals surface area (Å²) in [6.07, 6.45) is -0.803. The molecule has 0 amide bonds. The SMILES string of the molecule is COc1ccc(C(O)c2ccc(C)c(C)c2)c(OC)c1Cl. The maximum Gasteiger partial charge on any atom is 0.147 e. The second-order valence-corrected chi connectivity index (χ2v) is 5.33. The Kier molecular flexibility index (Phi) is 4.76. The molecule has 112 valence electrons. The smallest absolute Gasteiger partial charge is 0.147 e. The van der Waals surface area contributed by atoms with Gasteiger partial charge in [-0.1, -0.05) is 29.8 Å². The number of halogens is 1. The molecule has 2 aromatic carbocycles. The van der Waals surface area contributed by atoms with Crippen LogP contribution in [-0.2, 0) is 0 Å². The highest BCUT2D eigenvalue weighted by atomic mass is 35.5. The van der Waals surface area contributed by atoms with Gasteiger partial charge in [0.15, 0.2) is 0 Å². The summed E-state index contributed by atoms with van der Waals surface area (Å²) in [7, 11) is 3.07. The van der Waals surface area contributed by atoms with Crippen LogP contribution in [0.3, 0.4) is 0 Å². The lowest BCUT2D eigenvalue weighted by atomic mass is 9.97. The molecule has 0 saturated carbocycles. The number of rotatable bonds is 4. The number of benzene rings is 2. The number of hydrogen-bond acceptors (Lipinski definition) is 3. The number of aliphatic hydroxyl groups excluding tert-OH is 1. The van der Waals surface area contributed by atoms with Crippen molar-refractivity contribution in [3.8, 4) is 11.5 Å². The molecule has 0 heterocycles. The molecule has 0 aliphatic heterocycles. The lowest BCUT2D eigenvalue weighted by molar-refractivity contribution is 0.214. The van der Waals surface area contributed by atoms with E-state index in [4.69, 9.17) is 21.1 Å². The fourth-order valence-corrected chi connectivity index (χ4v) is 2.57. The van der Waals surface area contributed by atoms with E-state index in [-0.39, 0.29) is 0 Å². The molecule has 0 aromatic heterocycles. The highest BCUT2D eigenvalue weighted by molar-refractivity contribution is 6.33. The van der Waals surface area contributed by atoms with Crippen LogP contribution < -0.4 is 9.47 Å². The number of methoxy groups -OCH3 is 2. The van der Waals surface area contributed by atoms with Crippen LogP contribution in [0, 0.1) is 13.8 Å². The first kappa shape index (κ1) is 15.7. The number of hydrogen-bond donors (Lipinski definition) is 1. The molecule has 4 heteroatoms. The number of aryl methyl sites for hydroxylation is 2. The molecular formula is C17H19ClO3. The van der Waals surface area contributed by atoms with Gasteiger partial charge < -0.3 is 14.6 Å². The molecule has 21 heavy (non-hydrogen) atoms. The summed E-state index contributed by atoms with van der Waals surface area (Å²) in [5.41, 5.74) is 3.74. The van der Waals surface area contributed by atoms with Gasteiger partial charge in [-0.3, -0.25) is 0 Å². The van der Waals surface area contributed by atoms with E-state index in [1.54, 1.807) is 19.2 Å². The van der Waals surface area contributed by atoms with E-state index in [1.807, 2.05) is 32.0 Å². The van der Waals surface area contributed by atoms with Crippen molar-refractivity contribution in [3.05, 3.63) is 57.6 Å². The molecule has 1 unspecified atom stereocenters. The van der Waals surface area contributed by atoms with Crippen LogP contribution in [0.5, 0.6) is 11.5 Å². The molecule has 0 bridgehead atoms. The van der Waals surface area contributed by atoms with Crippen LogP contribution in [0.25, 0.3) is 0 Å². The van der Waals surface area contributed by atoms with E-state index in [9.17, 15) is 5.11 Å². The minimum atomic E-state index is -0.803. The number of ether oxygens (including phenoxy) is 2. The Morgan fingerprint density at radius 1 is 1.00 bits per heavy atom. The molecule has 0 aliphatic carbocycles. The monoisotopic (exact) mass is 306 g/mol. The Morgan fingerprint density at radius 3 is 2.29 bits per heavy atom. The zero-order chi connectivity index (χ0) is 15.6. The maximum absolute atomic E-state index is 10.6. The molecule has 1 atom stereocenters. The Hall–Kier alpha value is -1.71. The zero-order valence-electron chi connectivity index (χ0n) is 12.6. The Labute approximate surface area is 130 Å². The van der Waals surface area contributed by atoms with E-state index >= 15 is 0 Å². The van der Waals surface area contributed by atoms with Crippen molar-refractivity contribution in [1.82, 2.24) is 0 Å². The van der Waals surface area contributed by atoms with Gasteiger partial charge in [0.1, 0.15) is 22.6 Å². The van der Waals surface area contributed by atoms with Crippen molar-refractivity contribution in [2.24, 2.45) is 0 Å². The Balaban J connectivity index is 2.50. The lowest BCUT2D eigenvalue weighted by Crippen LogP contribution is -2.04. The van der Waals surface area contributed by atoms with Gasteiger partial charge in [-0.15, -0.1) is 0 Å². The largest absolute Gasteiger partial charge is 0.495 e. The standard InChI is InChI=1S/C17H19ClO3/c1-10-5-6-12(9-11(10)2)16(19)13-7-8-14(20-3)15(18)17(13)21-4/h5-9,16,19H,1-4H3. The van der Waals surface area contributed by atoms with Crippen molar-refractivity contribution >= 4 is 11.6 Å². The van der Waals surface area contributed by atoms with Crippen molar-refractivity contribution in [2.45, 2.75) is 20.0 Å². The second kappa shape index (κ2) is 6.37. The average Bonchev–Trinajstić information content (AvgIpc) is 2.49. The average molecular weight is 307 g/mol. The molecule has 0 spiro atoms. The minimum Gasteiger partial charge on any atom is -0.495 e. The topological polar surface area (TPSA) is 38.7 Å². The van der Waals surface area contributed by atoms with Crippen LogP contribution in [0.1, 0.15) is 28.4 Å². The quantitative estimate of drug-likeness (QED) is 0.926. The number of aliphatic hydroxyl groups is 1. The highest BCUT2D eigenvalue weighted by Crippen LogP contribution is 2.41. The van der Waals surface area contributed by atoms with Crippen molar-refractivity contribution in [1.29, 1.82) is 0 Å². The first-order chi connectivity index (χ1) is 9.99. The molecule has 2 rings (SSSR count). The van der Waals surface area contributed by atoms with E-state index in [0.717, 1.165) is 11.1 Å². The Bertz CT molecular complexity index is 653. The molecule has 2 aromatic rings. The van der Waals surface area contributed by atoms with Crippen LogP contribution in [-0.4, -0.2) is 19.3 Å². The Morgan fingerprint density at radius 2 is 1.71 bits per heavy atom. The molecular weight excluding hydrogens is 288 g/mol. The summed E-state index contributed by atoms with van der Waals surface area (Å²) in [6, 6.07) is 9.36. The molecule has 0 aliphatic rings. The van der Waals surface area contributed by atoms with Crippen LogP contribution >= 0.6 is 11.6 Å². The van der Waals surface area contributed by atoms with Gasteiger partial charge in [0.05, 0.1) is 14.2 Å². The summed E-state index contributed by atoms with van der Waals surface area (Å²) < 4.78 is 10.5. The van der Waals surface area contributed by atoms with Gasteiger partial charge in [-0.25, -0.2) is 0 Å². The van der Waals surface area contributed by atoms with Crippen molar-refractivity contribution in [2.75, 3.05) is 14.2 Å². The van der Waals surface area contributed by atoms with Crippen molar-refractivity contribution < 1.29 is 14.6 Å². The fraction of sp³-hybridized carbons (Fsp3) is 0.294. The molecule has 0 saturated heterocycles. The summed E-state index contributed by atoms with van der Waals surface area (Å²) in [6.45, 7) is 4.06. The molecule has 0 fully saturated rings.